The van der Waals surface area contributed by atoms with Crippen LogP contribution in [0.5, 0.6) is 0 Å². The Morgan fingerprint density at radius 1 is 1.42 bits per heavy atom. The van der Waals surface area contributed by atoms with Crippen molar-refractivity contribution in [3.8, 4) is 0 Å². The molecule has 0 aromatic heterocycles. The van der Waals surface area contributed by atoms with E-state index in [1.807, 2.05) is 0 Å². The van der Waals surface area contributed by atoms with E-state index in [0.717, 1.165) is 31.3 Å². The fourth-order valence-electron chi connectivity index (χ4n) is 2.28. The molecule has 1 amide bonds. The molecule has 0 bridgehead atoms. The first-order valence-corrected chi connectivity index (χ1v) is 6.60. The van der Waals surface area contributed by atoms with Crippen LogP contribution in [0.2, 0.25) is 0 Å². The van der Waals surface area contributed by atoms with Crippen molar-refractivity contribution in [1.29, 1.82) is 0 Å². The van der Waals surface area contributed by atoms with Crippen LogP contribution in [-0.4, -0.2) is 28.8 Å². The summed E-state index contributed by atoms with van der Waals surface area (Å²) in [5.41, 5.74) is 0.256. The monoisotopic (exact) mass is 269 g/mol. The van der Waals surface area contributed by atoms with Gasteiger partial charge in [0.1, 0.15) is 11.6 Å². The van der Waals surface area contributed by atoms with Gasteiger partial charge in [-0.25, -0.2) is 9.59 Å². The zero-order chi connectivity index (χ0) is 14.6. The molecule has 0 aliphatic heterocycles. The molecule has 0 unspecified atom stereocenters. The second-order valence-corrected chi connectivity index (χ2v) is 5.97. The topological polar surface area (TPSA) is 75.6 Å². The number of nitrogens with one attached hydrogen (secondary N) is 1. The van der Waals surface area contributed by atoms with E-state index >= 15 is 0 Å². The smallest absolute Gasteiger partial charge is 0.408 e. The number of carboxylic acid groups (broad SMARTS) is 1. The van der Waals surface area contributed by atoms with Crippen LogP contribution in [0, 0.1) is 5.92 Å². The summed E-state index contributed by atoms with van der Waals surface area (Å²) >= 11 is 0. The number of hydrogen-bond donors (Lipinski definition) is 2. The highest BCUT2D eigenvalue weighted by atomic mass is 16.6. The fraction of sp³-hybridized carbons (Fsp3) is 0.714. The van der Waals surface area contributed by atoms with Gasteiger partial charge in [0.15, 0.2) is 0 Å². The summed E-state index contributed by atoms with van der Waals surface area (Å²) in [5, 5.41) is 11.7. The van der Waals surface area contributed by atoms with E-state index in [0.29, 0.717) is 0 Å². The molecule has 1 fully saturated rings. The van der Waals surface area contributed by atoms with Crippen LogP contribution in [0.3, 0.4) is 0 Å². The summed E-state index contributed by atoms with van der Waals surface area (Å²) < 4.78 is 5.10. The molecule has 0 saturated heterocycles. The Labute approximate surface area is 114 Å². The number of hydrogen-bond acceptors (Lipinski definition) is 3. The van der Waals surface area contributed by atoms with Gasteiger partial charge in [0.05, 0.1) is 0 Å². The van der Waals surface area contributed by atoms with Gasteiger partial charge in [-0.3, -0.25) is 0 Å². The van der Waals surface area contributed by atoms with E-state index in [2.05, 4.69) is 11.9 Å². The first kappa shape index (κ1) is 15.5. The largest absolute Gasteiger partial charge is 0.480 e. The molecular weight excluding hydrogens is 246 g/mol. The molecule has 1 saturated carbocycles. The van der Waals surface area contributed by atoms with E-state index in [1.54, 1.807) is 20.8 Å². The first-order chi connectivity index (χ1) is 8.70. The SMILES string of the molecule is C=C1CCCC[C@H]1[C@H](NC(=O)OC(C)(C)C)C(=O)O. The minimum Gasteiger partial charge on any atom is -0.480 e. The third-order valence-electron chi connectivity index (χ3n) is 3.13. The second-order valence-electron chi connectivity index (χ2n) is 5.97. The molecule has 1 aliphatic carbocycles. The molecule has 19 heavy (non-hydrogen) atoms. The lowest BCUT2D eigenvalue weighted by atomic mass is 9.80. The van der Waals surface area contributed by atoms with E-state index < -0.39 is 23.7 Å². The number of aliphatic carboxylic acids is 1. The Morgan fingerprint density at radius 2 is 2.05 bits per heavy atom. The minimum atomic E-state index is -1.04. The molecule has 1 rings (SSSR count). The van der Waals surface area contributed by atoms with Crippen molar-refractivity contribution in [2.75, 3.05) is 0 Å². The summed E-state index contributed by atoms with van der Waals surface area (Å²) in [6.45, 7) is 9.14. The zero-order valence-electron chi connectivity index (χ0n) is 11.9. The summed E-state index contributed by atoms with van der Waals surface area (Å²) in [5.74, 6) is -1.25. The molecule has 2 atom stereocenters. The van der Waals surface area contributed by atoms with Crippen molar-refractivity contribution in [2.45, 2.75) is 58.1 Å². The number of ether oxygens (including phenoxy) is 1. The van der Waals surface area contributed by atoms with Gasteiger partial charge < -0.3 is 15.2 Å². The van der Waals surface area contributed by atoms with E-state index in [-0.39, 0.29) is 5.92 Å². The molecule has 5 nitrogen and oxygen atoms in total. The predicted octanol–water partition coefficient (Wildman–Crippen LogP) is 2.71. The van der Waals surface area contributed by atoms with Gasteiger partial charge >= 0.3 is 12.1 Å². The van der Waals surface area contributed by atoms with Crippen LogP contribution in [-0.2, 0) is 9.53 Å². The van der Waals surface area contributed by atoms with Crippen molar-refractivity contribution in [3.05, 3.63) is 12.2 Å². The molecule has 2 N–H and O–H groups in total. The van der Waals surface area contributed by atoms with Gasteiger partial charge in [-0.2, -0.15) is 0 Å². The minimum absolute atomic E-state index is 0.209. The number of amides is 1. The maximum absolute atomic E-state index is 11.7. The number of alkyl carbamates (subject to hydrolysis) is 1. The van der Waals surface area contributed by atoms with Gasteiger partial charge in [0.25, 0.3) is 0 Å². The van der Waals surface area contributed by atoms with Gasteiger partial charge in [0.2, 0.25) is 0 Å². The van der Waals surface area contributed by atoms with Crippen LogP contribution < -0.4 is 5.32 Å². The lowest BCUT2D eigenvalue weighted by molar-refractivity contribution is -0.140. The Bertz CT molecular complexity index is 370. The van der Waals surface area contributed by atoms with Crippen molar-refractivity contribution in [1.82, 2.24) is 5.32 Å². The normalized spacial score (nSPS) is 21.6. The third-order valence-corrected chi connectivity index (χ3v) is 3.13. The highest BCUT2D eigenvalue weighted by Crippen LogP contribution is 2.30. The molecule has 108 valence electrons. The van der Waals surface area contributed by atoms with Crippen LogP contribution in [0.25, 0.3) is 0 Å². The standard InChI is InChI=1S/C14H23NO4/c1-9-7-5-6-8-10(9)11(12(16)17)15-13(18)19-14(2,3)4/h10-11H,1,5-8H2,2-4H3,(H,15,18)(H,16,17)/t10-,11+/m1/s1. The van der Waals surface area contributed by atoms with Gasteiger partial charge in [-0.15, -0.1) is 0 Å². The quantitative estimate of drug-likeness (QED) is 0.772. The number of carbonyl (C=O) groups is 2. The summed E-state index contributed by atoms with van der Waals surface area (Å²) in [4.78, 5) is 23.0. The summed E-state index contributed by atoms with van der Waals surface area (Å²) in [6, 6.07) is -0.956. The van der Waals surface area contributed by atoms with Crippen LogP contribution in [0.15, 0.2) is 12.2 Å². The highest BCUT2D eigenvalue weighted by molar-refractivity contribution is 5.80. The van der Waals surface area contributed by atoms with Gasteiger partial charge in [-0.1, -0.05) is 18.6 Å². The second kappa shape index (κ2) is 6.08. The van der Waals surface area contributed by atoms with E-state index in [4.69, 9.17) is 4.74 Å². The Balaban J connectivity index is 2.70. The molecule has 0 radical (unpaired) electrons. The Morgan fingerprint density at radius 3 is 2.53 bits per heavy atom. The lowest BCUT2D eigenvalue weighted by Crippen LogP contribution is -2.48. The molecular formula is C14H23NO4. The van der Waals surface area contributed by atoms with E-state index in [9.17, 15) is 14.7 Å². The maximum atomic E-state index is 11.7. The number of carboxylic acids is 1. The molecule has 1 aliphatic rings. The molecule has 0 spiro atoms. The van der Waals surface area contributed by atoms with Crippen LogP contribution >= 0.6 is 0 Å². The third kappa shape index (κ3) is 4.93. The molecule has 0 aromatic rings. The van der Waals surface area contributed by atoms with Crippen LogP contribution in [0.4, 0.5) is 4.79 Å². The number of carbonyl (C=O) groups excluding carboxylic acids is 1. The molecule has 0 aromatic carbocycles. The lowest BCUT2D eigenvalue weighted by Gasteiger charge is -2.30. The van der Waals surface area contributed by atoms with Crippen molar-refractivity contribution in [3.63, 3.8) is 0 Å². The summed E-state index contributed by atoms with van der Waals surface area (Å²) in [6.07, 6.45) is 2.87. The predicted molar refractivity (Wildman–Crippen MR) is 71.9 cm³/mol. The van der Waals surface area contributed by atoms with E-state index in [1.165, 1.54) is 0 Å². The fourth-order valence-corrected chi connectivity index (χ4v) is 2.28. The average molecular weight is 269 g/mol. The zero-order valence-corrected chi connectivity index (χ0v) is 11.9. The van der Waals surface area contributed by atoms with Crippen molar-refractivity contribution < 1.29 is 19.4 Å². The molecule has 0 heterocycles. The first-order valence-electron chi connectivity index (χ1n) is 6.60. The van der Waals surface area contributed by atoms with Gasteiger partial charge in [0, 0.05) is 5.92 Å². The maximum Gasteiger partial charge on any atom is 0.408 e. The van der Waals surface area contributed by atoms with Gasteiger partial charge in [-0.05, 0) is 40.0 Å². The number of rotatable bonds is 3. The highest BCUT2D eigenvalue weighted by Gasteiger charge is 2.34. The van der Waals surface area contributed by atoms with Crippen LogP contribution in [0.1, 0.15) is 46.5 Å². The average Bonchev–Trinajstić information content (AvgIpc) is 2.24. The van der Waals surface area contributed by atoms with Crippen molar-refractivity contribution in [2.24, 2.45) is 5.92 Å². The Hall–Kier alpha value is -1.52. The summed E-state index contributed by atoms with van der Waals surface area (Å²) in [7, 11) is 0. The molecule has 5 heteroatoms. The van der Waals surface area contributed by atoms with Crippen molar-refractivity contribution >= 4 is 12.1 Å². The Kier molecular flexibility index (Phi) is 4.97.